The molecule has 2 amide bonds. The molecule has 0 heterocycles. The monoisotopic (exact) mass is 237 g/mol. The minimum atomic E-state index is -0.833. The second-order valence-electron chi connectivity index (χ2n) is 3.49. The van der Waals surface area contributed by atoms with Gasteiger partial charge in [-0.2, -0.15) is 0 Å². The summed E-state index contributed by atoms with van der Waals surface area (Å²) in [4.78, 5) is 9.00. The van der Waals surface area contributed by atoms with Crippen LogP contribution in [0.4, 0.5) is 4.79 Å². The summed E-state index contributed by atoms with van der Waals surface area (Å²) < 4.78 is 0.945. The van der Waals surface area contributed by atoms with E-state index < -0.39 is 6.03 Å². The van der Waals surface area contributed by atoms with E-state index >= 15 is 0 Å². The number of halogens is 1. The molecule has 5 N–H and O–H groups in total. The van der Waals surface area contributed by atoms with E-state index in [4.69, 9.17) is 9.90 Å². The Kier molecular flexibility index (Phi) is 23.1. The van der Waals surface area contributed by atoms with Crippen LogP contribution in [0.3, 0.4) is 0 Å². The molecule has 0 aromatic heterocycles. The van der Waals surface area contributed by atoms with E-state index in [9.17, 15) is 0 Å². The van der Waals surface area contributed by atoms with Gasteiger partial charge in [-0.25, -0.2) is 4.79 Å². The van der Waals surface area contributed by atoms with Crippen LogP contribution in [0.25, 0.3) is 0 Å². The summed E-state index contributed by atoms with van der Waals surface area (Å²) in [6.45, 7) is 1.37. The van der Waals surface area contributed by atoms with Gasteiger partial charge in [0.15, 0.2) is 0 Å². The Bertz CT molecular complexity index is 132. The first-order valence-electron chi connectivity index (χ1n) is 3.76. The Morgan fingerprint density at radius 3 is 1.71 bits per heavy atom. The van der Waals surface area contributed by atoms with Crippen molar-refractivity contribution in [1.29, 1.82) is 0 Å². The summed E-state index contributed by atoms with van der Waals surface area (Å²) >= 11 is 0. The Balaban J connectivity index is -0.0000000424. The fraction of sp³-hybridized carbons (Fsp3) is 0.857. The Hall–Kier alpha value is 0.480. The number of quaternary nitrogens is 1. The van der Waals surface area contributed by atoms with Gasteiger partial charge in [0.05, 0.1) is 27.7 Å². The molecule has 0 atom stereocenters. The molecule has 0 unspecified atom stereocenters. The summed E-state index contributed by atoms with van der Waals surface area (Å²) in [6.07, 6.45) is 0.906. The fourth-order valence-corrected chi connectivity index (χ4v) is 0.545. The van der Waals surface area contributed by atoms with E-state index in [1.54, 1.807) is 0 Å². The van der Waals surface area contributed by atoms with Gasteiger partial charge in [-0.15, -0.1) is 0 Å². The number of hydrogen-bond acceptors (Lipinski definition) is 2. The van der Waals surface area contributed by atoms with Crippen molar-refractivity contribution in [2.45, 2.75) is 6.42 Å². The molecule has 0 aromatic rings. The fourth-order valence-electron chi connectivity index (χ4n) is 0.545. The third kappa shape index (κ3) is 54.8. The van der Waals surface area contributed by atoms with Crippen LogP contribution in [-0.2, 0) is 0 Å². The molecular formula is C7H21ClN3NaO2. The number of hydrogen-bond donors (Lipinski definition) is 3. The van der Waals surface area contributed by atoms with Crippen LogP contribution in [0.2, 0.25) is 0 Å². The molecule has 0 saturated carbocycles. The van der Waals surface area contributed by atoms with Gasteiger partial charge in [-0.1, -0.05) is 0 Å². The van der Waals surface area contributed by atoms with Crippen molar-refractivity contribution < 1.29 is 57.8 Å². The predicted octanol–water partition coefficient (Wildman–Crippen LogP) is -6.78. The van der Waals surface area contributed by atoms with E-state index in [2.05, 4.69) is 32.6 Å². The van der Waals surface area contributed by atoms with Crippen LogP contribution < -0.4 is 53.4 Å². The van der Waals surface area contributed by atoms with Crippen LogP contribution in [-0.4, -0.2) is 49.9 Å². The van der Waals surface area contributed by atoms with Gasteiger partial charge < -0.3 is 34.9 Å². The standard InChI is InChI=1S/C6H16NO.CH4N2O.ClH.Na.H/c1-7(2,3)5-4-6-8;2-1(3)4;;;/h8H,4-6H2,1-3H3;(H4,2,3,4);1H;;/q+1;;;+1;-1/p-1. The van der Waals surface area contributed by atoms with Gasteiger partial charge in [0.25, 0.3) is 0 Å². The molecule has 0 fully saturated rings. The maximum absolute atomic E-state index is 9.00. The SMILES string of the molecule is C[N+](C)(C)CCCO.NC(N)=O.[Cl-].[H-].[Na+]. The first-order valence-corrected chi connectivity index (χ1v) is 3.76. The van der Waals surface area contributed by atoms with Crippen LogP contribution in [0.1, 0.15) is 7.85 Å². The zero-order valence-corrected chi connectivity index (χ0v) is 12.2. The summed E-state index contributed by atoms with van der Waals surface area (Å²) in [6, 6.07) is -0.833. The van der Waals surface area contributed by atoms with Crippen molar-refractivity contribution >= 4 is 6.03 Å². The second kappa shape index (κ2) is 13.5. The first-order chi connectivity index (χ1) is 5.29. The Labute approximate surface area is 116 Å². The average molecular weight is 238 g/mol. The number of aliphatic hydroxyl groups is 1. The Morgan fingerprint density at radius 1 is 1.36 bits per heavy atom. The van der Waals surface area contributed by atoms with Crippen molar-refractivity contribution in [3.63, 3.8) is 0 Å². The number of carbonyl (C=O) groups is 1. The molecule has 0 aliphatic rings. The average Bonchev–Trinajstić information content (AvgIpc) is 1.80. The quantitative estimate of drug-likeness (QED) is 0.337. The third-order valence-corrected chi connectivity index (χ3v) is 0.987. The molecule has 0 radical (unpaired) electrons. The van der Waals surface area contributed by atoms with E-state index in [1.165, 1.54) is 0 Å². The minimum absolute atomic E-state index is 0. The number of amides is 2. The molecule has 0 aliphatic heterocycles. The van der Waals surface area contributed by atoms with Crippen molar-refractivity contribution in [1.82, 2.24) is 0 Å². The number of primary amides is 2. The molecule has 0 bridgehead atoms. The van der Waals surface area contributed by atoms with Crippen LogP contribution in [0.5, 0.6) is 0 Å². The number of aliphatic hydroxyl groups excluding tert-OH is 1. The minimum Gasteiger partial charge on any atom is -1.00 e. The molecule has 0 rings (SSSR count). The maximum atomic E-state index is 9.00. The topological polar surface area (TPSA) is 89.3 Å². The molecule has 5 nitrogen and oxygen atoms in total. The molecule has 0 aromatic carbocycles. The zero-order chi connectivity index (χ0) is 10.2. The van der Waals surface area contributed by atoms with Crippen LogP contribution in [0.15, 0.2) is 0 Å². The van der Waals surface area contributed by atoms with Gasteiger partial charge in [-0.05, 0) is 0 Å². The molecule has 84 valence electrons. The summed E-state index contributed by atoms with van der Waals surface area (Å²) in [5, 5.41) is 8.42. The van der Waals surface area contributed by atoms with Crippen molar-refractivity contribution in [2.75, 3.05) is 34.3 Å². The predicted molar refractivity (Wildman–Crippen MR) is 49.5 cm³/mol. The normalized spacial score (nSPS) is 8.57. The van der Waals surface area contributed by atoms with Crippen molar-refractivity contribution in [3.8, 4) is 0 Å². The number of nitrogens with two attached hydrogens (primary N) is 2. The van der Waals surface area contributed by atoms with Gasteiger partial charge in [0, 0.05) is 13.0 Å². The molecule has 7 heteroatoms. The summed E-state index contributed by atoms with van der Waals surface area (Å²) in [5.41, 5.74) is 8.50. The Morgan fingerprint density at radius 2 is 1.64 bits per heavy atom. The van der Waals surface area contributed by atoms with Gasteiger partial charge in [0.2, 0.25) is 0 Å². The molecule has 0 spiro atoms. The third-order valence-electron chi connectivity index (χ3n) is 0.987. The number of carbonyl (C=O) groups excluding carboxylic acids is 1. The smallest absolute Gasteiger partial charge is 1.00 e. The van der Waals surface area contributed by atoms with Gasteiger partial charge >= 0.3 is 35.6 Å². The van der Waals surface area contributed by atoms with Gasteiger partial charge in [0.1, 0.15) is 0 Å². The van der Waals surface area contributed by atoms with Crippen molar-refractivity contribution in [3.05, 3.63) is 0 Å². The largest absolute Gasteiger partial charge is 1.00 e. The summed E-state index contributed by atoms with van der Waals surface area (Å²) in [7, 11) is 6.36. The molecule has 14 heavy (non-hydrogen) atoms. The van der Waals surface area contributed by atoms with Gasteiger partial charge in [-0.3, -0.25) is 0 Å². The number of nitrogens with zero attached hydrogens (tertiary/aromatic N) is 1. The van der Waals surface area contributed by atoms with E-state index in [1.807, 2.05) is 0 Å². The van der Waals surface area contributed by atoms with E-state index in [0.717, 1.165) is 17.4 Å². The molecular weight excluding hydrogens is 217 g/mol. The van der Waals surface area contributed by atoms with E-state index in [-0.39, 0.29) is 43.4 Å². The van der Waals surface area contributed by atoms with Crippen LogP contribution >= 0.6 is 0 Å². The van der Waals surface area contributed by atoms with E-state index in [0.29, 0.717) is 6.61 Å². The molecule has 0 saturated heterocycles. The van der Waals surface area contributed by atoms with Crippen molar-refractivity contribution in [2.24, 2.45) is 11.5 Å². The number of urea groups is 1. The second-order valence-corrected chi connectivity index (χ2v) is 3.49. The maximum Gasteiger partial charge on any atom is 1.00 e. The molecule has 0 aliphatic carbocycles. The number of rotatable bonds is 3. The van der Waals surface area contributed by atoms with Crippen LogP contribution in [0, 0.1) is 0 Å². The summed E-state index contributed by atoms with van der Waals surface area (Å²) in [5.74, 6) is 0. The zero-order valence-electron chi connectivity index (χ0n) is 10.5. The first kappa shape index (κ1) is 24.0.